The van der Waals surface area contributed by atoms with Crippen molar-refractivity contribution in [3.05, 3.63) is 28.8 Å². The number of nitrogens with one attached hydrogen (secondary N) is 1. The second-order valence-electron chi connectivity index (χ2n) is 6.40. The quantitative estimate of drug-likeness (QED) is 0.840. The van der Waals surface area contributed by atoms with Crippen LogP contribution in [-0.2, 0) is 0 Å². The summed E-state index contributed by atoms with van der Waals surface area (Å²) in [6, 6.07) is 6.40. The first-order valence-corrected chi connectivity index (χ1v) is 8.63. The summed E-state index contributed by atoms with van der Waals surface area (Å²) in [6.07, 6.45) is 6.73. The van der Waals surface area contributed by atoms with Crippen LogP contribution in [0, 0.1) is 5.92 Å². The van der Waals surface area contributed by atoms with Crippen molar-refractivity contribution in [3.8, 4) is 0 Å². The number of rotatable bonds is 3. The molecule has 4 heteroatoms. The molecule has 0 unspecified atom stereocenters. The Morgan fingerprint density at radius 2 is 1.86 bits per heavy atom. The minimum absolute atomic E-state index is 0.436. The van der Waals surface area contributed by atoms with E-state index in [2.05, 4.69) is 16.3 Å². The predicted octanol–water partition coefficient (Wildman–Crippen LogP) is 3.45. The topological polar surface area (TPSA) is 41.3 Å². The van der Waals surface area contributed by atoms with Crippen LogP contribution >= 0.6 is 11.6 Å². The first-order valence-electron chi connectivity index (χ1n) is 8.25. The molecule has 3 N–H and O–H groups in total. The molecule has 1 aliphatic heterocycles. The van der Waals surface area contributed by atoms with E-state index in [-0.39, 0.29) is 0 Å². The first kappa shape index (κ1) is 15.1. The molecule has 0 aromatic heterocycles. The van der Waals surface area contributed by atoms with E-state index >= 15 is 0 Å². The van der Waals surface area contributed by atoms with Crippen molar-refractivity contribution in [1.82, 2.24) is 10.2 Å². The highest BCUT2D eigenvalue weighted by Crippen LogP contribution is 2.41. The second-order valence-corrected chi connectivity index (χ2v) is 6.84. The zero-order valence-corrected chi connectivity index (χ0v) is 13.4. The molecule has 0 radical (unpaired) electrons. The lowest BCUT2D eigenvalue weighted by molar-refractivity contribution is 0.104. The summed E-state index contributed by atoms with van der Waals surface area (Å²) < 4.78 is 0. The van der Waals surface area contributed by atoms with Gasteiger partial charge in [0.2, 0.25) is 0 Å². The number of nitrogen functional groups attached to an aromatic ring is 1. The Labute approximate surface area is 132 Å². The van der Waals surface area contributed by atoms with Crippen LogP contribution in [-0.4, -0.2) is 31.1 Å². The van der Waals surface area contributed by atoms with Crippen LogP contribution in [0.15, 0.2) is 18.2 Å². The van der Waals surface area contributed by atoms with Crippen LogP contribution in [0.5, 0.6) is 0 Å². The van der Waals surface area contributed by atoms with Gasteiger partial charge >= 0.3 is 0 Å². The van der Waals surface area contributed by atoms with Crippen molar-refractivity contribution in [2.45, 2.75) is 38.1 Å². The highest BCUT2D eigenvalue weighted by Gasteiger charge is 2.32. The maximum atomic E-state index is 6.30. The average molecular weight is 308 g/mol. The highest BCUT2D eigenvalue weighted by molar-refractivity contribution is 6.30. The van der Waals surface area contributed by atoms with Gasteiger partial charge in [-0.3, -0.25) is 4.90 Å². The van der Waals surface area contributed by atoms with Gasteiger partial charge < -0.3 is 11.1 Å². The molecule has 0 amide bonds. The molecule has 0 spiro atoms. The van der Waals surface area contributed by atoms with Gasteiger partial charge in [0.1, 0.15) is 0 Å². The van der Waals surface area contributed by atoms with E-state index in [1.54, 1.807) is 0 Å². The smallest absolute Gasteiger partial charge is 0.0410 e. The van der Waals surface area contributed by atoms with Crippen LogP contribution in [0.3, 0.4) is 0 Å². The highest BCUT2D eigenvalue weighted by atomic mass is 35.5. The van der Waals surface area contributed by atoms with Gasteiger partial charge in [-0.2, -0.15) is 0 Å². The Balaban J connectivity index is 1.91. The van der Waals surface area contributed by atoms with Crippen molar-refractivity contribution < 1.29 is 0 Å². The predicted molar refractivity (Wildman–Crippen MR) is 89.6 cm³/mol. The van der Waals surface area contributed by atoms with Gasteiger partial charge in [-0.25, -0.2) is 0 Å². The van der Waals surface area contributed by atoms with Crippen LogP contribution in [0.1, 0.15) is 43.7 Å². The fourth-order valence-corrected chi connectivity index (χ4v) is 4.14. The molecule has 1 atom stereocenters. The van der Waals surface area contributed by atoms with Gasteiger partial charge in [0.25, 0.3) is 0 Å². The fraction of sp³-hybridized carbons (Fsp3) is 0.647. The van der Waals surface area contributed by atoms with Crippen LogP contribution < -0.4 is 11.1 Å². The number of anilines is 1. The van der Waals surface area contributed by atoms with Crippen molar-refractivity contribution in [2.75, 3.05) is 31.9 Å². The van der Waals surface area contributed by atoms with E-state index in [1.165, 1.54) is 37.7 Å². The maximum absolute atomic E-state index is 6.30. The van der Waals surface area contributed by atoms with E-state index < -0.39 is 0 Å². The molecule has 1 heterocycles. The van der Waals surface area contributed by atoms with Crippen LogP contribution in [0.2, 0.25) is 5.02 Å². The molecule has 2 fully saturated rings. The average Bonchev–Trinajstić information content (AvgIpc) is 2.53. The molecule has 1 aliphatic carbocycles. The monoisotopic (exact) mass is 307 g/mol. The van der Waals surface area contributed by atoms with Gasteiger partial charge in [0.05, 0.1) is 0 Å². The van der Waals surface area contributed by atoms with Crippen molar-refractivity contribution in [1.29, 1.82) is 0 Å². The Bertz CT molecular complexity index is 447. The number of piperazine rings is 1. The lowest BCUT2D eigenvalue weighted by Crippen LogP contribution is -2.47. The minimum Gasteiger partial charge on any atom is -0.398 e. The summed E-state index contributed by atoms with van der Waals surface area (Å²) >= 11 is 6.25. The zero-order valence-electron chi connectivity index (χ0n) is 12.7. The zero-order chi connectivity index (χ0) is 14.7. The molecule has 0 bridgehead atoms. The minimum atomic E-state index is 0.436. The standard InChI is InChI=1S/C17H26ClN3/c18-14-6-7-16(19)15(12-14)17(13-4-2-1-3-5-13)21-10-8-20-9-11-21/h6-7,12-13,17,20H,1-5,8-11,19H2/t17-/m0/s1. The molecule has 1 saturated carbocycles. The number of benzene rings is 1. The Morgan fingerprint density at radius 3 is 2.57 bits per heavy atom. The van der Waals surface area contributed by atoms with Crippen molar-refractivity contribution in [2.24, 2.45) is 5.92 Å². The van der Waals surface area contributed by atoms with Gasteiger partial charge in [0, 0.05) is 42.9 Å². The molecule has 1 aromatic rings. The lowest BCUT2D eigenvalue weighted by atomic mass is 9.79. The fourth-order valence-electron chi connectivity index (χ4n) is 3.96. The number of halogens is 1. The molecular weight excluding hydrogens is 282 g/mol. The van der Waals surface area contributed by atoms with Gasteiger partial charge in [-0.1, -0.05) is 30.9 Å². The Hall–Kier alpha value is -0.770. The summed E-state index contributed by atoms with van der Waals surface area (Å²) in [4.78, 5) is 2.62. The normalized spacial score (nSPS) is 23.1. The number of nitrogens with zero attached hydrogens (tertiary/aromatic N) is 1. The summed E-state index contributed by atoms with van der Waals surface area (Å²) in [6.45, 7) is 4.35. The molecule has 2 aliphatic rings. The molecule has 116 valence electrons. The lowest BCUT2D eigenvalue weighted by Gasteiger charge is -2.41. The largest absolute Gasteiger partial charge is 0.398 e. The van der Waals surface area contributed by atoms with E-state index in [4.69, 9.17) is 17.3 Å². The van der Waals surface area contributed by atoms with E-state index in [0.717, 1.165) is 42.8 Å². The summed E-state index contributed by atoms with van der Waals surface area (Å²) in [5.41, 5.74) is 8.45. The SMILES string of the molecule is Nc1ccc(Cl)cc1[C@H](C1CCCCC1)N1CCNCC1. The maximum Gasteiger partial charge on any atom is 0.0410 e. The van der Waals surface area contributed by atoms with Gasteiger partial charge in [-0.15, -0.1) is 0 Å². The van der Waals surface area contributed by atoms with Gasteiger partial charge in [0.15, 0.2) is 0 Å². The third-order valence-electron chi connectivity index (χ3n) is 5.01. The molecule has 3 rings (SSSR count). The number of nitrogens with two attached hydrogens (primary N) is 1. The van der Waals surface area contributed by atoms with Crippen molar-refractivity contribution >= 4 is 17.3 Å². The van der Waals surface area contributed by atoms with E-state index in [9.17, 15) is 0 Å². The Morgan fingerprint density at radius 1 is 1.14 bits per heavy atom. The molecule has 21 heavy (non-hydrogen) atoms. The van der Waals surface area contributed by atoms with E-state index in [1.807, 2.05) is 12.1 Å². The summed E-state index contributed by atoms with van der Waals surface area (Å²) in [5, 5.41) is 4.25. The Kier molecular flexibility index (Phi) is 5.04. The molecule has 1 saturated heterocycles. The van der Waals surface area contributed by atoms with Gasteiger partial charge in [-0.05, 0) is 42.5 Å². The summed E-state index contributed by atoms with van der Waals surface area (Å²) in [7, 11) is 0. The summed E-state index contributed by atoms with van der Waals surface area (Å²) in [5.74, 6) is 0.720. The van der Waals surface area contributed by atoms with Crippen molar-refractivity contribution in [3.63, 3.8) is 0 Å². The third-order valence-corrected chi connectivity index (χ3v) is 5.24. The number of hydrogen-bond donors (Lipinski definition) is 2. The van der Waals surface area contributed by atoms with E-state index in [0.29, 0.717) is 6.04 Å². The molecule has 1 aromatic carbocycles. The third kappa shape index (κ3) is 3.53. The van der Waals surface area contributed by atoms with Crippen LogP contribution in [0.4, 0.5) is 5.69 Å². The van der Waals surface area contributed by atoms with Crippen LogP contribution in [0.25, 0.3) is 0 Å². The first-order chi connectivity index (χ1) is 10.3. The molecule has 3 nitrogen and oxygen atoms in total. The second kappa shape index (κ2) is 6.99. The number of hydrogen-bond acceptors (Lipinski definition) is 3. The molecular formula is C17H26ClN3.